The summed E-state index contributed by atoms with van der Waals surface area (Å²) >= 11 is 0. The molecule has 5 rings (SSSR count). The first-order chi connectivity index (χ1) is 17.7. The van der Waals surface area contributed by atoms with Crippen LogP contribution in [0.3, 0.4) is 0 Å². The van der Waals surface area contributed by atoms with Gasteiger partial charge in [-0.3, -0.25) is 9.88 Å². The summed E-state index contributed by atoms with van der Waals surface area (Å²) in [6, 6.07) is 12.1. The number of hydrogen-bond acceptors (Lipinski definition) is 7. The van der Waals surface area contributed by atoms with E-state index in [0.29, 0.717) is 18.2 Å². The molecule has 10 heteroatoms. The number of nitrogens with zero attached hydrogens (tertiary/aromatic N) is 5. The van der Waals surface area contributed by atoms with Crippen LogP contribution >= 0.6 is 0 Å². The van der Waals surface area contributed by atoms with E-state index in [2.05, 4.69) is 20.2 Å². The van der Waals surface area contributed by atoms with Gasteiger partial charge in [0.1, 0.15) is 17.5 Å². The second-order valence-corrected chi connectivity index (χ2v) is 9.38. The summed E-state index contributed by atoms with van der Waals surface area (Å²) in [7, 11) is 0. The van der Waals surface area contributed by atoms with Crippen molar-refractivity contribution in [2.45, 2.75) is 45.7 Å². The lowest BCUT2D eigenvalue weighted by Gasteiger charge is -2.34. The summed E-state index contributed by atoms with van der Waals surface area (Å²) in [6.07, 6.45) is -1.71. The maximum atomic E-state index is 13.0. The Bertz CT molecular complexity index is 1400. The highest BCUT2D eigenvalue weighted by Gasteiger charge is 2.30. The van der Waals surface area contributed by atoms with E-state index in [1.54, 1.807) is 6.20 Å². The van der Waals surface area contributed by atoms with Gasteiger partial charge in [0, 0.05) is 42.0 Å². The molecule has 4 heterocycles. The van der Waals surface area contributed by atoms with Crippen molar-refractivity contribution in [3.8, 4) is 11.3 Å². The first-order valence-corrected chi connectivity index (χ1v) is 12.1. The first-order valence-electron chi connectivity index (χ1n) is 12.1. The van der Waals surface area contributed by atoms with E-state index in [9.17, 15) is 13.2 Å². The molecule has 3 aromatic heterocycles. The Morgan fingerprint density at radius 2 is 1.81 bits per heavy atom. The molecular weight excluding hydrogens is 481 g/mol. The van der Waals surface area contributed by atoms with Crippen molar-refractivity contribution in [2.24, 2.45) is 0 Å². The summed E-state index contributed by atoms with van der Waals surface area (Å²) in [4.78, 5) is 20.3. The van der Waals surface area contributed by atoms with Gasteiger partial charge in [-0.05, 0) is 45.0 Å². The standard InChI is InChI=1S/C27H27F3N6O/c1-16-13-36(14-17(2)37-16)15-24-33-25(20-7-6-19-5-4-10-31-22(19)11-20)18(3)26(35-24)34-23-9-8-21(12-32-23)27(28,29)30/h4-12,16-17H,13-15H2,1-3H3,(H,32,33,34,35). The molecule has 7 nitrogen and oxygen atoms in total. The minimum absolute atomic E-state index is 0.0918. The van der Waals surface area contributed by atoms with Gasteiger partial charge in [0.25, 0.3) is 0 Å². The van der Waals surface area contributed by atoms with Crippen LogP contribution in [0, 0.1) is 6.92 Å². The summed E-state index contributed by atoms with van der Waals surface area (Å²) in [5, 5.41) is 4.12. The van der Waals surface area contributed by atoms with Gasteiger partial charge in [-0.25, -0.2) is 15.0 Å². The molecule has 1 aliphatic heterocycles. The monoisotopic (exact) mass is 508 g/mol. The van der Waals surface area contributed by atoms with Crippen molar-refractivity contribution in [1.29, 1.82) is 0 Å². The van der Waals surface area contributed by atoms with Crippen LogP contribution in [0.4, 0.5) is 24.8 Å². The number of anilines is 2. The highest BCUT2D eigenvalue weighted by molar-refractivity contribution is 5.84. The minimum Gasteiger partial charge on any atom is -0.373 e. The lowest BCUT2D eigenvalue weighted by Crippen LogP contribution is -2.45. The van der Waals surface area contributed by atoms with E-state index < -0.39 is 11.7 Å². The number of pyridine rings is 2. The molecule has 1 fully saturated rings. The molecule has 0 bridgehead atoms. The van der Waals surface area contributed by atoms with Crippen LogP contribution in [0.15, 0.2) is 54.9 Å². The average Bonchev–Trinajstić information content (AvgIpc) is 2.85. The Balaban J connectivity index is 1.53. The van der Waals surface area contributed by atoms with E-state index in [4.69, 9.17) is 14.7 Å². The molecule has 1 N–H and O–H groups in total. The third-order valence-electron chi connectivity index (χ3n) is 6.27. The molecule has 4 aromatic rings. The molecule has 192 valence electrons. The number of halogens is 3. The van der Waals surface area contributed by atoms with E-state index >= 15 is 0 Å². The van der Waals surface area contributed by atoms with Gasteiger partial charge in [-0.15, -0.1) is 0 Å². The van der Waals surface area contributed by atoms with Crippen molar-refractivity contribution in [3.63, 3.8) is 0 Å². The Morgan fingerprint density at radius 3 is 2.51 bits per heavy atom. The first kappa shape index (κ1) is 25.0. The maximum absolute atomic E-state index is 13.0. The minimum atomic E-state index is -4.45. The number of hydrogen-bond donors (Lipinski definition) is 1. The second-order valence-electron chi connectivity index (χ2n) is 9.38. The van der Waals surface area contributed by atoms with Crippen LogP contribution in [0.2, 0.25) is 0 Å². The summed E-state index contributed by atoms with van der Waals surface area (Å²) in [6.45, 7) is 7.96. The summed E-state index contributed by atoms with van der Waals surface area (Å²) in [5.74, 6) is 1.35. The van der Waals surface area contributed by atoms with Gasteiger partial charge in [0.05, 0.1) is 35.5 Å². The largest absolute Gasteiger partial charge is 0.417 e. The molecule has 2 atom stereocenters. The number of alkyl halides is 3. The average molecular weight is 509 g/mol. The SMILES string of the molecule is Cc1c(Nc2ccc(C(F)(F)F)cn2)nc(CN2CC(C)OC(C)C2)nc1-c1ccc2cccnc2c1. The number of nitrogens with one attached hydrogen (secondary N) is 1. The van der Waals surface area contributed by atoms with Crippen LogP contribution in [0.1, 0.15) is 30.8 Å². The normalized spacial score (nSPS) is 18.8. The Kier molecular flexibility index (Phi) is 6.78. The van der Waals surface area contributed by atoms with E-state index in [0.717, 1.165) is 53.1 Å². The van der Waals surface area contributed by atoms with Gasteiger partial charge in [-0.1, -0.05) is 18.2 Å². The molecule has 0 radical (unpaired) electrons. The summed E-state index contributed by atoms with van der Waals surface area (Å²) < 4.78 is 44.8. The zero-order valence-electron chi connectivity index (χ0n) is 20.8. The quantitative estimate of drug-likeness (QED) is 0.367. The fourth-order valence-electron chi connectivity index (χ4n) is 4.62. The van der Waals surface area contributed by atoms with Crippen LogP contribution in [-0.4, -0.2) is 50.1 Å². The van der Waals surface area contributed by atoms with Crippen LogP contribution in [0.25, 0.3) is 22.2 Å². The molecule has 1 aliphatic rings. The topological polar surface area (TPSA) is 76.1 Å². The Labute approximate surface area is 212 Å². The third kappa shape index (κ3) is 5.70. The Morgan fingerprint density at radius 1 is 1.03 bits per heavy atom. The number of ether oxygens (including phenoxy) is 1. The van der Waals surface area contributed by atoms with Gasteiger partial charge >= 0.3 is 6.18 Å². The maximum Gasteiger partial charge on any atom is 0.417 e. The van der Waals surface area contributed by atoms with Crippen molar-refractivity contribution < 1.29 is 17.9 Å². The van der Waals surface area contributed by atoms with Gasteiger partial charge < -0.3 is 10.1 Å². The molecule has 0 amide bonds. The van der Waals surface area contributed by atoms with Crippen molar-refractivity contribution in [2.75, 3.05) is 18.4 Å². The molecule has 0 aliphatic carbocycles. The number of rotatable bonds is 5. The zero-order valence-corrected chi connectivity index (χ0v) is 20.8. The second kappa shape index (κ2) is 10.0. The summed E-state index contributed by atoms with van der Waals surface area (Å²) in [5.41, 5.74) is 2.39. The van der Waals surface area contributed by atoms with Crippen molar-refractivity contribution in [3.05, 3.63) is 71.8 Å². The number of aromatic nitrogens is 4. The molecule has 37 heavy (non-hydrogen) atoms. The predicted octanol–water partition coefficient (Wildman–Crippen LogP) is 5.77. The number of fused-ring (bicyclic) bond motifs is 1. The smallest absolute Gasteiger partial charge is 0.373 e. The van der Waals surface area contributed by atoms with Crippen LogP contribution in [-0.2, 0) is 17.5 Å². The zero-order chi connectivity index (χ0) is 26.2. The Hall–Kier alpha value is -3.63. The molecule has 0 spiro atoms. The van der Waals surface area contributed by atoms with Gasteiger partial charge in [-0.2, -0.15) is 13.2 Å². The van der Waals surface area contributed by atoms with Gasteiger partial charge in [0.2, 0.25) is 0 Å². The molecule has 2 unspecified atom stereocenters. The third-order valence-corrected chi connectivity index (χ3v) is 6.27. The fraction of sp³-hybridized carbons (Fsp3) is 0.333. The highest BCUT2D eigenvalue weighted by atomic mass is 19.4. The van der Waals surface area contributed by atoms with E-state index in [1.807, 2.05) is 51.1 Å². The number of benzene rings is 1. The van der Waals surface area contributed by atoms with E-state index in [1.165, 1.54) is 6.07 Å². The fourth-order valence-corrected chi connectivity index (χ4v) is 4.62. The molecular formula is C27H27F3N6O. The van der Waals surface area contributed by atoms with Crippen molar-refractivity contribution in [1.82, 2.24) is 24.8 Å². The lowest BCUT2D eigenvalue weighted by atomic mass is 10.0. The molecule has 1 saturated heterocycles. The molecule has 0 saturated carbocycles. The van der Waals surface area contributed by atoms with Crippen LogP contribution in [0.5, 0.6) is 0 Å². The molecule has 1 aromatic carbocycles. The van der Waals surface area contributed by atoms with Gasteiger partial charge in [0.15, 0.2) is 0 Å². The van der Waals surface area contributed by atoms with Crippen LogP contribution < -0.4 is 5.32 Å². The van der Waals surface area contributed by atoms with Crippen molar-refractivity contribution >= 4 is 22.5 Å². The highest BCUT2D eigenvalue weighted by Crippen LogP contribution is 2.32. The van der Waals surface area contributed by atoms with E-state index in [-0.39, 0.29) is 18.0 Å². The predicted molar refractivity (Wildman–Crippen MR) is 135 cm³/mol. The lowest BCUT2D eigenvalue weighted by molar-refractivity contribution is -0.137. The number of morpholine rings is 1.